The number of carbonyl (C=O) groups is 1. The zero-order valence-corrected chi connectivity index (χ0v) is 14.1. The lowest BCUT2D eigenvalue weighted by Crippen LogP contribution is -2.17. The minimum absolute atomic E-state index is 0.301. The molecule has 2 aromatic rings. The van der Waals surface area contributed by atoms with Crippen LogP contribution >= 0.6 is 11.3 Å². The number of carbonyl (C=O) groups excluding carboxylic acids is 1. The minimum atomic E-state index is -0.953. The maximum Gasteiger partial charge on any atom is 0.258 e. The lowest BCUT2D eigenvalue weighted by molar-refractivity contribution is -0.111. The molecule has 3 nitrogen and oxygen atoms in total. The van der Waals surface area contributed by atoms with E-state index in [0.29, 0.717) is 22.2 Å². The second-order valence-electron chi connectivity index (χ2n) is 5.96. The van der Waals surface area contributed by atoms with Gasteiger partial charge in [0.1, 0.15) is 0 Å². The third kappa shape index (κ3) is 3.53. The standard InChI is InChI=1S/C18H18F2N2OS/c1-11(12-4-2-3-5-12)16(13-6-7-14(19)15(20)10-13)17(23)22-18-21-8-9-24-18/h6-10,12H,2-5H2,1H3,(H,21,22,23). The average molecular weight is 348 g/mol. The maximum absolute atomic E-state index is 13.7. The molecule has 1 aliphatic rings. The Balaban J connectivity index is 2.01. The van der Waals surface area contributed by atoms with Crippen LogP contribution < -0.4 is 5.32 Å². The first-order valence-electron chi connectivity index (χ1n) is 7.93. The molecule has 0 unspecified atom stereocenters. The number of aromatic nitrogens is 1. The maximum atomic E-state index is 13.7. The molecule has 1 aromatic heterocycles. The van der Waals surface area contributed by atoms with Gasteiger partial charge in [-0.25, -0.2) is 13.8 Å². The number of nitrogens with zero attached hydrogens (tertiary/aromatic N) is 1. The summed E-state index contributed by atoms with van der Waals surface area (Å²) in [5.74, 6) is -1.90. The first kappa shape index (κ1) is 16.8. The van der Waals surface area contributed by atoms with E-state index in [1.54, 1.807) is 11.6 Å². The second kappa shape index (κ2) is 7.21. The number of nitrogens with one attached hydrogen (secondary N) is 1. The van der Waals surface area contributed by atoms with Crippen molar-refractivity contribution in [2.45, 2.75) is 32.6 Å². The fourth-order valence-electron chi connectivity index (χ4n) is 3.20. The molecule has 0 spiro atoms. The van der Waals surface area contributed by atoms with Crippen LogP contribution in [-0.4, -0.2) is 10.9 Å². The van der Waals surface area contributed by atoms with Gasteiger partial charge in [0.05, 0.1) is 0 Å². The van der Waals surface area contributed by atoms with Gasteiger partial charge in [-0.1, -0.05) is 24.5 Å². The molecule has 0 radical (unpaired) electrons. The monoisotopic (exact) mass is 348 g/mol. The van der Waals surface area contributed by atoms with Crippen molar-refractivity contribution in [3.8, 4) is 0 Å². The molecular weight excluding hydrogens is 330 g/mol. The summed E-state index contributed by atoms with van der Waals surface area (Å²) in [6.07, 6.45) is 5.89. The predicted molar refractivity (Wildman–Crippen MR) is 91.7 cm³/mol. The molecular formula is C18H18F2N2OS. The zero-order chi connectivity index (χ0) is 17.1. The molecule has 1 aromatic carbocycles. The summed E-state index contributed by atoms with van der Waals surface area (Å²) in [5, 5.41) is 5.00. The molecule has 6 heteroatoms. The smallest absolute Gasteiger partial charge is 0.258 e. The number of thiazole rings is 1. The number of halogens is 2. The van der Waals surface area contributed by atoms with Crippen LogP contribution in [0.3, 0.4) is 0 Å². The van der Waals surface area contributed by atoms with Crippen LogP contribution in [0.1, 0.15) is 38.2 Å². The molecule has 0 bridgehead atoms. The highest BCUT2D eigenvalue weighted by Crippen LogP contribution is 2.36. The van der Waals surface area contributed by atoms with Crippen molar-refractivity contribution in [1.82, 2.24) is 4.98 Å². The number of benzene rings is 1. The van der Waals surface area contributed by atoms with Crippen molar-refractivity contribution < 1.29 is 13.6 Å². The molecule has 3 rings (SSSR count). The van der Waals surface area contributed by atoms with Crippen molar-refractivity contribution in [3.05, 3.63) is 52.5 Å². The van der Waals surface area contributed by atoms with Gasteiger partial charge in [-0.3, -0.25) is 10.1 Å². The minimum Gasteiger partial charge on any atom is -0.298 e. The first-order chi connectivity index (χ1) is 11.6. The summed E-state index contributed by atoms with van der Waals surface area (Å²) in [5.41, 5.74) is 1.73. The van der Waals surface area contributed by atoms with E-state index in [2.05, 4.69) is 10.3 Å². The fourth-order valence-corrected chi connectivity index (χ4v) is 3.72. The van der Waals surface area contributed by atoms with E-state index in [1.165, 1.54) is 17.4 Å². The first-order valence-corrected chi connectivity index (χ1v) is 8.81. The molecule has 1 amide bonds. The Hall–Kier alpha value is -2.08. The van der Waals surface area contributed by atoms with E-state index in [4.69, 9.17) is 0 Å². The van der Waals surface area contributed by atoms with Crippen molar-refractivity contribution in [2.24, 2.45) is 5.92 Å². The van der Waals surface area contributed by atoms with Gasteiger partial charge >= 0.3 is 0 Å². The Morgan fingerprint density at radius 3 is 2.62 bits per heavy atom. The second-order valence-corrected chi connectivity index (χ2v) is 6.85. The lowest BCUT2D eigenvalue weighted by Gasteiger charge is -2.17. The summed E-state index contributed by atoms with van der Waals surface area (Å²) >= 11 is 1.31. The quantitative estimate of drug-likeness (QED) is 0.788. The van der Waals surface area contributed by atoms with Gasteiger partial charge in [0.15, 0.2) is 16.8 Å². The Bertz CT molecular complexity index is 765. The van der Waals surface area contributed by atoms with Gasteiger partial charge in [0, 0.05) is 17.2 Å². The Morgan fingerprint density at radius 2 is 2.00 bits per heavy atom. The van der Waals surface area contributed by atoms with Gasteiger partial charge < -0.3 is 0 Å². The SMILES string of the molecule is CC(=C(C(=O)Nc1nccs1)c1ccc(F)c(F)c1)C1CCCC1. The van der Waals surface area contributed by atoms with Crippen LogP contribution in [0.15, 0.2) is 35.3 Å². The van der Waals surface area contributed by atoms with Crippen molar-refractivity contribution in [1.29, 1.82) is 0 Å². The van der Waals surface area contributed by atoms with E-state index in [-0.39, 0.29) is 5.91 Å². The van der Waals surface area contributed by atoms with E-state index < -0.39 is 11.6 Å². The summed E-state index contributed by atoms with van der Waals surface area (Å²) < 4.78 is 27.0. The molecule has 126 valence electrons. The third-order valence-electron chi connectivity index (χ3n) is 4.45. The summed E-state index contributed by atoms with van der Waals surface area (Å²) in [6, 6.07) is 3.60. The van der Waals surface area contributed by atoms with Crippen LogP contribution in [0.4, 0.5) is 13.9 Å². The van der Waals surface area contributed by atoms with Gasteiger partial charge in [-0.15, -0.1) is 11.3 Å². The summed E-state index contributed by atoms with van der Waals surface area (Å²) in [7, 11) is 0. The number of allylic oxidation sites excluding steroid dienone is 1. The number of hydrogen-bond donors (Lipinski definition) is 1. The van der Waals surface area contributed by atoms with E-state index >= 15 is 0 Å². The van der Waals surface area contributed by atoms with Crippen molar-refractivity contribution in [3.63, 3.8) is 0 Å². The number of rotatable bonds is 4. The molecule has 1 aliphatic carbocycles. The summed E-state index contributed by atoms with van der Waals surface area (Å²) in [4.78, 5) is 16.8. The molecule has 0 saturated heterocycles. The number of hydrogen-bond acceptors (Lipinski definition) is 3. The highest BCUT2D eigenvalue weighted by molar-refractivity contribution is 7.13. The van der Waals surface area contributed by atoms with Crippen LogP contribution in [-0.2, 0) is 4.79 Å². The number of anilines is 1. The molecule has 1 saturated carbocycles. The van der Waals surface area contributed by atoms with Crippen molar-refractivity contribution in [2.75, 3.05) is 5.32 Å². The zero-order valence-electron chi connectivity index (χ0n) is 13.3. The lowest BCUT2D eigenvalue weighted by atomic mass is 9.90. The molecule has 24 heavy (non-hydrogen) atoms. The third-order valence-corrected chi connectivity index (χ3v) is 5.14. The normalized spacial score (nSPS) is 16.1. The molecule has 1 N–H and O–H groups in total. The summed E-state index contributed by atoms with van der Waals surface area (Å²) in [6.45, 7) is 1.91. The largest absolute Gasteiger partial charge is 0.298 e. The Morgan fingerprint density at radius 1 is 1.25 bits per heavy atom. The van der Waals surface area contributed by atoms with Gasteiger partial charge in [-0.2, -0.15) is 0 Å². The van der Waals surface area contributed by atoms with E-state index in [9.17, 15) is 13.6 Å². The highest BCUT2D eigenvalue weighted by atomic mass is 32.1. The van der Waals surface area contributed by atoms with Gasteiger partial charge in [-0.05, 0) is 43.4 Å². The Labute approximate surface area is 143 Å². The fraction of sp³-hybridized carbons (Fsp3) is 0.333. The topological polar surface area (TPSA) is 42.0 Å². The van der Waals surface area contributed by atoms with Crippen LogP contribution in [0.25, 0.3) is 5.57 Å². The van der Waals surface area contributed by atoms with Gasteiger partial charge in [0.25, 0.3) is 5.91 Å². The van der Waals surface area contributed by atoms with Gasteiger partial charge in [0.2, 0.25) is 0 Å². The Kier molecular flexibility index (Phi) is 5.04. The van der Waals surface area contributed by atoms with Crippen LogP contribution in [0.5, 0.6) is 0 Å². The van der Waals surface area contributed by atoms with E-state index in [1.807, 2.05) is 6.92 Å². The van der Waals surface area contributed by atoms with Crippen LogP contribution in [0, 0.1) is 17.6 Å². The van der Waals surface area contributed by atoms with Crippen LogP contribution in [0.2, 0.25) is 0 Å². The molecule has 1 heterocycles. The highest BCUT2D eigenvalue weighted by Gasteiger charge is 2.24. The average Bonchev–Trinajstić information content (AvgIpc) is 3.24. The van der Waals surface area contributed by atoms with Crippen molar-refractivity contribution >= 4 is 27.9 Å². The predicted octanol–water partition coefficient (Wildman–Crippen LogP) is 5.02. The molecule has 0 atom stereocenters. The number of amides is 1. The van der Waals surface area contributed by atoms with E-state index in [0.717, 1.165) is 43.4 Å². The molecule has 1 fully saturated rings. The molecule has 0 aliphatic heterocycles.